The quantitative estimate of drug-likeness (QED) is 0.504. The molecule has 46 valence electrons. The maximum atomic E-state index is 5.03. The van der Waals surface area contributed by atoms with Gasteiger partial charge in [-0.05, 0) is 0 Å². The van der Waals surface area contributed by atoms with Crippen LogP contribution in [0.25, 0.3) is 0 Å². The Morgan fingerprint density at radius 1 is 1.67 bits per heavy atom. The van der Waals surface area contributed by atoms with Gasteiger partial charge in [0.25, 0.3) is 0 Å². The van der Waals surface area contributed by atoms with Crippen LogP contribution in [0.15, 0.2) is 17.4 Å². The fourth-order valence-electron chi connectivity index (χ4n) is 0.669. The second-order valence-corrected chi connectivity index (χ2v) is 2.52. The molecule has 1 aliphatic heterocycles. The van der Waals surface area contributed by atoms with Crippen LogP contribution < -0.4 is 0 Å². The molecule has 2 rings (SSSR count). The summed E-state index contributed by atoms with van der Waals surface area (Å²) in [6.45, 7) is 0.614. The summed E-state index contributed by atoms with van der Waals surface area (Å²) in [5.74, 6) is 0. The van der Waals surface area contributed by atoms with Crippen molar-refractivity contribution in [2.45, 2.75) is 11.5 Å². The Bertz CT molecular complexity index is 205. The molecule has 3 nitrogen and oxygen atoms in total. The van der Waals surface area contributed by atoms with Gasteiger partial charge in [0.1, 0.15) is 12.9 Å². The molecule has 4 heteroatoms. The van der Waals surface area contributed by atoms with E-state index in [2.05, 4.69) is 9.97 Å². The SMILES string of the molecule is c1ncc2c(n1)COS2. The minimum absolute atomic E-state index is 0.614. The van der Waals surface area contributed by atoms with Gasteiger partial charge < -0.3 is 4.18 Å². The third kappa shape index (κ3) is 0.799. The Labute approximate surface area is 56.7 Å². The van der Waals surface area contributed by atoms with Gasteiger partial charge in [0.2, 0.25) is 0 Å². The lowest BCUT2D eigenvalue weighted by Gasteiger charge is -1.87. The van der Waals surface area contributed by atoms with E-state index in [4.69, 9.17) is 4.18 Å². The minimum atomic E-state index is 0.614. The zero-order valence-corrected chi connectivity index (χ0v) is 5.39. The first-order chi connectivity index (χ1) is 4.47. The molecule has 0 saturated heterocycles. The van der Waals surface area contributed by atoms with Crippen LogP contribution in [0.4, 0.5) is 0 Å². The van der Waals surface area contributed by atoms with Crippen LogP contribution in [0.1, 0.15) is 5.69 Å². The molecule has 0 saturated carbocycles. The van der Waals surface area contributed by atoms with Gasteiger partial charge >= 0.3 is 0 Å². The Kier molecular flexibility index (Phi) is 1.13. The number of hydrogen-bond donors (Lipinski definition) is 0. The van der Waals surface area contributed by atoms with E-state index in [0.29, 0.717) is 6.61 Å². The molecule has 0 atom stereocenters. The number of fused-ring (bicyclic) bond motifs is 1. The fraction of sp³-hybridized carbons (Fsp3) is 0.200. The predicted molar refractivity (Wildman–Crippen MR) is 32.7 cm³/mol. The third-order valence-corrected chi connectivity index (χ3v) is 1.86. The summed E-state index contributed by atoms with van der Waals surface area (Å²) in [6.07, 6.45) is 3.30. The standard InChI is InChI=1S/C5H4N2OS/c1-5-4(2-8-9-5)7-3-6-1/h1,3H,2H2. The van der Waals surface area contributed by atoms with Crippen LogP contribution >= 0.6 is 12.0 Å². The smallest absolute Gasteiger partial charge is 0.115 e. The molecule has 0 fully saturated rings. The highest BCUT2D eigenvalue weighted by Crippen LogP contribution is 2.29. The highest BCUT2D eigenvalue weighted by Gasteiger charge is 2.12. The van der Waals surface area contributed by atoms with Gasteiger partial charge in [-0.25, -0.2) is 9.97 Å². The summed E-state index contributed by atoms with van der Waals surface area (Å²) in [5, 5.41) is 0. The van der Waals surface area contributed by atoms with E-state index in [1.54, 1.807) is 6.20 Å². The van der Waals surface area contributed by atoms with Crippen molar-refractivity contribution in [3.05, 3.63) is 18.2 Å². The molecule has 0 unspecified atom stereocenters. The molecule has 0 N–H and O–H groups in total. The zero-order valence-electron chi connectivity index (χ0n) is 4.57. The summed E-state index contributed by atoms with van der Waals surface area (Å²) < 4.78 is 5.03. The molecular formula is C5H4N2OS. The van der Waals surface area contributed by atoms with Crippen molar-refractivity contribution in [3.8, 4) is 0 Å². The van der Waals surface area contributed by atoms with Crippen LogP contribution in [0.3, 0.4) is 0 Å². The second-order valence-electron chi connectivity index (χ2n) is 1.68. The normalized spacial score (nSPS) is 15.6. The number of hydrogen-bond acceptors (Lipinski definition) is 4. The van der Waals surface area contributed by atoms with E-state index in [-0.39, 0.29) is 0 Å². The molecule has 1 aliphatic rings. The van der Waals surface area contributed by atoms with E-state index in [1.807, 2.05) is 0 Å². The van der Waals surface area contributed by atoms with Gasteiger partial charge in [0, 0.05) is 18.2 Å². The maximum absolute atomic E-state index is 5.03. The van der Waals surface area contributed by atoms with Crippen molar-refractivity contribution in [1.29, 1.82) is 0 Å². The lowest BCUT2D eigenvalue weighted by Crippen LogP contribution is -1.85. The monoisotopic (exact) mass is 140 g/mol. The molecular weight excluding hydrogens is 136 g/mol. The van der Waals surface area contributed by atoms with Crippen LogP contribution in [0, 0.1) is 0 Å². The van der Waals surface area contributed by atoms with Crippen molar-refractivity contribution < 1.29 is 4.18 Å². The first kappa shape index (κ1) is 5.20. The van der Waals surface area contributed by atoms with Crippen molar-refractivity contribution in [1.82, 2.24) is 9.97 Å². The molecule has 9 heavy (non-hydrogen) atoms. The molecule has 0 aromatic carbocycles. The first-order valence-electron chi connectivity index (χ1n) is 2.55. The average molecular weight is 140 g/mol. The van der Waals surface area contributed by atoms with Gasteiger partial charge in [-0.15, -0.1) is 0 Å². The number of aromatic nitrogens is 2. The Hall–Kier alpha value is -0.610. The van der Waals surface area contributed by atoms with Gasteiger partial charge in [0.05, 0.1) is 10.6 Å². The molecule has 0 aliphatic carbocycles. The molecule has 0 radical (unpaired) electrons. The van der Waals surface area contributed by atoms with Crippen LogP contribution in [0.5, 0.6) is 0 Å². The molecule has 0 bridgehead atoms. The lowest BCUT2D eigenvalue weighted by atomic mass is 10.4. The van der Waals surface area contributed by atoms with Gasteiger partial charge in [-0.2, -0.15) is 0 Å². The van der Waals surface area contributed by atoms with Crippen molar-refractivity contribution >= 4 is 12.0 Å². The van der Waals surface area contributed by atoms with E-state index in [1.165, 1.54) is 18.4 Å². The Morgan fingerprint density at radius 3 is 3.56 bits per heavy atom. The summed E-state index contributed by atoms with van der Waals surface area (Å²) in [4.78, 5) is 8.89. The fourth-order valence-corrected chi connectivity index (χ4v) is 1.28. The number of rotatable bonds is 0. The van der Waals surface area contributed by atoms with E-state index in [0.717, 1.165) is 10.6 Å². The Balaban J connectivity index is 2.54. The van der Waals surface area contributed by atoms with E-state index in [9.17, 15) is 0 Å². The zero-order chi connectivity index (χ0) is 6.10. The summed E-state index contributed by atoms with van der Waals surface area (Å²) >= 11 is 1.34. The van der Waals surface area contributed by atoms with Crippen molar-refractivity contribution in [3.63, 3.8) is 0 Å². The van der Waals surface area contributed by atoms with Crippen LogP contribution in [0.2, 0.25) is 0 Å². The number of nitrogens with zero attached hydrogens (tertiary/aromatic N) is 2. The van der Waals surface area contributed by atoms with Crippen molar-refractivity contribution in [2.24, 2.45) is 0 Å². The third-order valence-electron chi connectivity index (χ3n) is 1.10. The van der Waals surface area contributed by atoms with Gasteiger partial charge in [-0.3, -0.25) is 0 Å². The molecule has 1 aromatic rings. The highest BCUT2D eigenvalue weighted by molar-refractivity contribution is 7.95. The maximum Gasteiger partial charge on any atom is 0.115 e. The van der Waals surface area contributed by atoms with Gasteiger partial charge in [-0.1, -0.05) is 0 Å². The van der Waals surface area contributed by atoms with Crippen molar-refractivity contribution in [2.75, 3.05) is 0 Å². The largest absolute Gasteiger partial charge is 0.304 e. The second kappa shape index (κ2) is 1.97. The topological polar surface area (TPSA) is 35.0 Å². The summed E-state index contributed by atoms with van der Waals surface area (Å²) in [5.41, 5.74) is 0.995. The van der Waals surface area contributed by atoms with Crippen LogP contribution in [-0.2, 0) is 10.8 Å². The average Bonchev–Trinajstić information content (AvgIpc) is 2.33. The van der Waals surface area contributed by atoms with E-state index >= 15 is 0 Å². The summed E-state index contributed by atoms with van der Waals surface area (Å²) in [7, 11) is 0. The highest BCUT2D eigenvalue weighted by atomic mass is 32.2. The minimum Gasteiger partial charge on any atom is -0.304 e. The summed E-state index contributed by atoms with van der Waals surface area (Å²) in [6, 6.07) is 0. The molecule has 0 amide bonds. The molecule has 0 spiro atoms. The molecule has 2 heterocycles. The molecule has 1 aromatic heterocycles. The predicted octanol–water partition coefficient (Wildman–Crippen LogP) is 1.01. The van der Waals surface area contributed by atoms with Crippen LogP contribution in [-0.4, -0.2) is 9.97 Å². The first-order valence-corrected chi connectivity index (χ1v) is 3.29. The van der Waals surface area contributed by atoms with Gasteiger partial charge in [0.15, 0.2) is 0 Å². The lowest BCUT2D eigenvalue weighted by molar-refractivity contribution is 0.373. The Morgan fingerprint density at radius 2 is 2.67 bits per heavy atom. The van der Waals surface area contributed by atoms with E-state index < -0.39 is 0 Å².